The molecule has 2 heterocycles. The Bertz CT molecular complexity index is 366. The number of anilines is 1. The van der Waals surface area contributed by atoms with E-state index in [0.717, 1.165) is 5.82 Å². The van der Waals surface area contributed by atoms with Gasteiger partial charge in [-0.1, -0.05) is 6.07 Å². The average molecular weight is 161 g/mol. The fourth-order valence-corrected chi connectivity index (χ4v) is 0.917. The van der Waals surface area contributed by atoms with Gasteiger partial charge in [0.2, 0.25) is 5.95 Å². The second-order valence-electron chi connectivity index (χ2n) is 2.25. The van der Waals surface area contributed by atoms with Crippen molar-refractivity contribution in [3.8, 4) is 5.82 Å². The Hall–Kier alpha value is -1.91. The molecule has 0 fully saturated rings. The van der Waals surface area contributed by atoms with Crippen LogP contribution < -0.4 is 5.73 Å². The molecule has 2 aromatic rings. The highest BCUT2D eigenvalue weighted by Gasteiger charge is 2.00. The molecule has 60 valence electrons. The maximum absolute atomic E-state index is 5.52. The highest BCUT2D eigenvalue weighted by atomic mass is 15.3. The van der Waals surface area contributed by atoms with E-state index in [9.17, 15) is 0 Å². The summed E-state index contributed by atoms with van der Waals surface area (Å²) in [5, 5.41) is 7.29. The first-order valence-corrected chi connectivity index (χ1v) is 3.45. The van der Waals surface area contributed by atoms with E-state index < -0.39 is 0 Å². The molecule has 2 aromatic heterocycles. The van der Waals surface area contributed by atoms with Gasteiger partial charge in [-0.25, -0.2) is 4.98 Å². The molecule has 0 spiro atoms. The summed E-state index contributed by atoms with van der Waals surface area (Å²) in [5.41, 5.74) is 5.52. The maximum Gasteiger partial charge on any atom is 0.227 e. The highest BCUT2D eigenvalue weighted by molar-refractivity contribution is 5.30. The third kappa shape index (κ3) is 1.01. The summed E-state index contributed by atoms with van der Waals surface area (Å²) in [5.74, 6) is 1.06. The lowest BCUT2D eigenvalue weighted by molar-refractivity contribution is 1.00. The minimum Gasteiger partial charge on any atom is -0.368 e. The number of nitrogens with two attached hydrogens (primary N) is 1. The molecule has 0 aromatic carbocycles. The van der Waals surface area contributed by atoms with Gasteiger partial charge in [0.1, 0.15) is 12.1 Å². The number of pyridine rings is 1. The van der Waals surface area contributed by atoms with Crippen LogP contribution in [0.5, 0.6) is 0 Å². The van der Waals surface area contributed by atoms with Gasteiger partial charge in [-0.2, -0.15) is 0 Å². The Balaban J connectivity index is 2.51. The van der Waals surface area contributed by atoms with Crippen molar-refractivity contribution < 1.29 is 0 Å². The first-order chi connectivity index (χ1) is 5.88. The molecule has 0 saturated heterocycles. The van der Waals surface area contributed by atoms with Crippen molar-refractivity contribution >= 4 is 5.95 Å². The summed E-state index contributed by atoms with van der Waals surface area (Å²) >= 11 is 0. The number of hydrogen-bond donors (Lipinski definition) is 1. The van der Waals surface area contributed by atoms with Crippen LogP contribution >= 0.6 is 0 Å². The van der Waals surface area contributed by atoms with Gasteiger partial charge in [0.15, 0.2) is 0 Å². The molecule has 0 aliphatic rings. The van der Waals surface area contributed by atoms with E-state index in [1.54, 1.807) is 10.8 Å². The van der Waals surface area contributed by atoms with E-state index >= 15 is 0 Å². The summed E-state index contributed by atoms with van der Waals surface area (Å²) in [4.78, 5) is 4.08. The number of nitrogen functional groups attached to an aromatic ring is 1. The summed E-state index contributed by atoms with van der Waals surface area (Å²) in [6.07, 6.45) is 3.21. The molecule has 0 atom stereocenters. The van der Waals surface area contributed by atoms with Crippen molar-refractivity contribution in [1.29, 1.82) is 0 Å². The van der Waals surface area contributed by atoms with Crippen molar-refractivity contribution in [3.63, 3.8) is 0 Å². The third-order valence-electron chi connectivity index (χ3n) is 1.47. The van der Waals surface area contributed by atoms with Crippen LogP contribution in [0.25, 0.3) is 5.82 Å². The molecule has 5 nitrogen and oxygen atoms in total. The maximum atomic E-state index is 5.52. The van der Waals surface area contributed by atoms with Crippen LogP contribution in [0.2, 0.25) is 0 Å². The topological polar surface area (TPSA) is 69.6 Å². The van der Waals surface area contributed by atoms with E-state index in [1.165, 1.54) is 6.33 Å². The van der Waals surface area contributed by atoms with Gasteiger partial charge >= 0.3 is 0 Å². The molecule has 12 heavy (non-hydrogen) atoms. The van der Waals surface area contributed by atoms with Crippen LogP contribution in [0.4, 0.5) is 5.95 Å². The van der Waals surface area contributed by atoms with E-state index in [4.69, 9.17) is 5.73 Å². The van der Waals surface area contributed by atoms with Gasteiger partial charge in [0.05, 0.1) is 0 Å². The van der Waals surface area contributed by atoms with Gasteiger partial charge in [-0.3, -0.25) is 4.57 Å². The Labute approximate surface area is 68.9 Å². The van der Waals surface area contributed by atoms with E-state index in [2.05, 4.69) is 15.2 Å². The Kier molecular flexibility index (Phi) is 1.48. The summed E-state index contributed by atoms with van der Waals surface area (Å²) in [6.45, 7) is 0. The molecule has 5 heteroatoms. The molecular formula is C7H7N5. The summed E-state index contributed by atoms with van der Waals surface area (Å²) in [6, 6.07) is 5.55. The fraction of sp³-hybridized carbons (Fsp3) is 0. The molecule has 0 amide bonds. The van der Waals surface area contributed by atoms with E-state index in [1.807, 2.05) is 18.2 Å². The van der Waals surface area contributed by atoms with E-state index in [-0.39, 0.29) is 0 Å². The Morgan fingerprint density at radius 1 is 1.33 bits per heavy atom. The van der Waals surface area contributed by atoms with Crippen LogP contribution in [0.3, 0.4) is 0 Å². The van der Waals surface area contributed by atoms with Crippen LogP contribution in [0.15, 0.2) is 30.7 Å². The number of hydrogen-bond acceptors (Lipinski definition) is 4. The second kappa shape index (κ2) is 2.61. The lowest BCUT2D eigenvalue weighted by Crippen LogP contribution is -2.00. The summed E-state index contributed by atoms with van der Waals surface area (Å²) < 4.78 is 1.61. The smallest absolute Gasteiger partial charge is 0.227 e. The first-order valence-electron chi connectivity index (χ1n) is 3.45. The van der Waals surface area contributed by atoms with Gasteiger partial charge in [-0.05, 0) is 12.1 Å². The zero-order chi connectivity index (χ0) is 8.39. The molecule has 2 rings (SSSR count). The quantitative estimate of drug-likeness (QED) is 0.650. The Morgan fingerprint density at radius 3 is 2.83 bits per heavy atom. The van der Waals surface area contributed by atoms with Crippen LogP contribution in [0.1, 0.15) is 0 Å². The SMILES string of the molecule is Nc1nncn1-c1ccccn1. The van der Waals surface area contributed by atoms with Crippen molar-refractivity contribution in [2.24, 2.45) is 0 Å². The van der Waals surface area contributed by atoms with Crippen LogP contribution in [0, 0.1) is 0 Å². The molecule has 0 saturated carbocycles. The highest BCUT2D eigenvalue weighted by Crippen LogP contribution is 2.05. The zero-order valence-corrected chi connectivity index (χ0v) is 6.25. The minimum absolute atomic E-state index is 0.341. The van der Waals surface area contributed by atoms with Gasteiger partial charge in [0.25, 0.3) is 0 Å². The largest absolute Gasteiger partial charge is 0.368 e. The van der Waals surface area contributed by atoms with Gasteiger partial charge < -0.3 is 5.73 Å². The molecule has 0 aliphatic carbocycles. The molecule has 0 radical (unpaired) electrons. The lowest BCUT2D eigenvalue weighted by Gasteiger charge is -1.99. The van der Waals surface area contributed by atoms with E-state index in [0.29, 0.717) is 5.95 Å². The number of rotatable bonds is 1. The van der Waals surface area contributed by atoms with Gasteiger partial charge in [-0.15, -0.1) is 10.2 Å². The van der Waals surface area contributed by atoms with Crippen molar-refractivity contribution in [2.45, 2.75) is 0 Å². The first kappa shape index (κ1) is 6.78. The predicted molar refractivity (Wildman–Crippen MR) is 43.6 cm³/mol. The fourth-order valence-electron chi connectivity index (χ4n) is 0.917. The van der Waals surface area contributed by atoms with Crippen LogP contribution in [-0.4, -0.2) is 19.7 Å². The second-order valence-corrected chi connectivity index (χ2v) is 2.25. The third-order valence-corrected chi connectivity index (χ3v) is 1.47. The number of nitrogens with zero attached hydrogens (tertiary/aromatic N) is 4. The van der Waals surface area contributed by atoms with Gasteiger partial charge in [0, 0.05) is 6.20 Å². The Morgan fingerprint density at radius 2 is 2.25 bits per heavy atom. The lowest BCUT2D eigenvalue weighted by atomic mass is 10.5. The molecule has 2 N–H and O–H groups in total. The van der Waals surface area contributed by atoms with Crippen molar-refractivity contribution in [1.82, 2.24) is 19.7 Å². The molecule has 0 aliphatic heterocycles. The average Bonchev–Trinajstić information content (AvgIpc) is 2.53. The minimum atomic E-state index is 0.341. The normalized spacial score (nSPS) is 10.0. The zero-order valence-electron chi connectivity index (χ0n) is 6.25. The van der Waals surface area contributed by atoms with Crippen molar-refractivity contribution in [2.75, 3.05) is 5.73 Å². The predicted octanol–water partition coefficient (Wildman–Crippen LogP) is 0.244. The molecule has 0 unspecified atom stereocenters. The summed E-state index contributed by atoms with van der Waals surface area (Å²) in [7, 11) is 0. The molecule has 0 bridgehead atoms. The monoisotopic (exact) mass is 161 g/mol. The van der Waals surface area contributed by atoms with Crippen molar-refractivity contribution in [3.05, 3.63) is 30.7 Å². The van der Waals surface area contributed by atoms with Crippen LogP contribution in [-0.2, 0) is 0 Å². The molecular weight excluding hydrogens is 154 g/mol. The standard InChI is InChI=1S/C7H7N5/c8-7-11-10-5-12(7)6-3-1-2-4-9-6/h1-5H,(H2,8,11). The number of aromatic nitrogens is 4.